The van der Waals surface area contributed by atoms with Gasteiger partial charge in [-0.2, -0.15) is 0 Å². The number of aliphatic hydroxyl groups is 1. The van der Waals surface area contributed by atoms with Crippen LogP contribution in [0.25, 0.3) is 0 Å². The van der Waals surface area contributed by atoms with E-state index in [1.165, 1.54) is 0 Å². The summed E-state index contributed by atoms with van der Waals surface area (Å²) in [5, 5.41) is 15.6. The van der Waals surface area contributed by atoms with Crippen LogP contribution >= 0.6 is 0 Å². The van der Waals surface area contributed by atoms with E-state index in [0.717, 1.165) is 0 Å². The van der Waals surface area contributed by atoms with Crippen LogP contribution in [0.1, 0.15) is 41.0 Å². The molecule has 4 nitrogen and oxygen atoms in total. The summed E-state index contributed by atoms with van der Waals surface area (Å²) in [4.78, 5) is 11.3. The van der Waals surface area contributed by atoms with Crippen LogP contribution in [0.5, 0.6) is 0 Å². The van der Waals surface area contributed by atoms with Gasteiger partial charge < -0.3 is 15.7 Å². The van der Waals surface area contributed by atoms with Gasteiger partial charge in [0.05, 0.1) is 5.60 Å². The number of carbonyl (C=O) groups excluding carboxylic acids is 1. The molecule has 4 heteroatoms. The van der Waals surface area contributed by atoms with E-state index in [9.17, 15) is 9.90 Å². The highest BCUT2D eigenvalue weighted by atomic mass is 16.3. The van der Waals surface area contributed by atoms with E-state index in [4.69, 9.17) is 0 Å². The summed E-state index contributed by atoms with van der Waals surface area (Å²) >= 11 is 0. The molecule has 1 atom stereocenters. The van der Waals surface area contributed by atoms with Crippen LogP contribution in [0.3, 0.4) is 0 Å². The zero-order valence-corrected chi connectivity index (χ0v) is 10.4. The molecule has 90 valence electrons. The fourth-order valence-corrected chi connectivity index (χ4v) is 1.05. The normalized spacial score (nSPS) is 14.1. The topological polar surface area (TPSA) is 61.4 Å². The van der Waals surface area contributed by atoms with Crippen molar-refractivity contribution in [2.45, 2.75) is 58.7 Å². The molecular weight excluding hydrogens is 192 g/mol. The molecule has 15 heavy (non-hydrogen) atoms. The lowest BCUT2D eigenvalue weighted by Gasteiger charge is -2.26. The van der Waals surface area contributed by atoms with Crippen molar-refractivity contribution in [3.05, 3.63) is 0 Å². The average Bonchev–Trinajstić information content (AvgIpc) is 2.00. The Bertz CT molecular complexity index is 197. The molecule has 0 saturated carbocycles. The minimum atomic E-state index is -0.755. The maximum absolute atomic E-state index is 11.3. The van der Waals surface area contributed by atoms with Crippen LogP contribution in [0, 0.1) is 0 Å². The van der Waals surface area contributed by atoms with Crippen LogP contribution < -0.4 is 10.6 Å². The first-order chi connectivity index (χ1) is 6.73. The van der Waals surface area contributed by atoms with E-state index in [1.54, 1.807) is 13.8 Å². The third-order valence-corrected chi connectivity index (χ3v) is 2.31. The largest absolute Gasteiger partial charge is 0.389 e. The maximum atomic E-state index is 11.3. The van der Waals surface area contributed by atoms with E-state index < -0.39 is 5.60 Å². The second kappa shape index (κ2) is 6.08. The highest BCUT2D eigenvalue weighted by Crippen LogP contribution is 2.06. The minimum absolute atomic E-state index is 0.0238. The van der Waals surface area contributed by atoms with Gasteiger partial charge in [0.2, 0.25) is 5.91 Å². The molecule has 0 aromatic carbocycles. The smallest absolute Gasteiger partial charge is 0.221 e. The Balaban J connectivity index is 3.67. The predicted octanol–water partition coefficient (Wildman–Crippen LogP) is 0.650. The van der Waals surface area contributed by atoms with Gasteiger partial charge in [0.1, 0.15) is 0 Å². The van der Waals surface area contributed by atoms with Crippen molar-refractivity contribution in [2.24, 2.45) is 0 Å². The van der Waals surface area contributed by atoms with Crippen molar-refractivity contribution in [2.75, 3.05) is 6.54 Å². The molecule has 0 spiro atoms. The summed E-state index contributed by atoms with van der Waals surface area (Å²) in [7, 11) is 0. The van der Waals surface area contributed by atoms with Gasteiger partial charge in [0, 0.05) is 25.0 Å². The molecule has 0 fully saturated rings. The van der Waals surface area contributed by atoms with Crippen LogP contribution in [-0.2, 0) is 4.79 Å². The van der Waals surface area contributed by atoms with Gasteiger partial charge >= 0.3 is 0 Å². The second-order valence-corrected chi connectivity index (χ2v) is 4.80. The third-order valence-electron chi connectivity index (χ3n) is 2.31. The molecule has 0 aliphatic rings. The molecule has 1 unspecified atom stereocenters. The Morgan fingerprint density at radius 3 is 2.27 bits per heavy atom. The molecule has 0 radical (unpaired) electrons. The van der Waals surface area contributed by atoms with E-state index in [2.05, 4.69) is 10.6 Å². The molecule has 0 rings (SSSR count). The summed E-state index contributed by atoms with van der Waals surface area (Å²) in [6, 6.07) is 0.161. The standard InChI is InChI=1S/C11H24N2O2/c1-8(2)13-10(14)6-7-12-9(3)11(4,5)15/h8-9,12,15H,6-7H2,1-5H3,(H,13,14). The Labute approximate surface area is 92.4 Å². The van der Waals surface area contributed by atoms with Crippen molar-refractivity contribution in [1.82, 2.24) is 10.6 Å². The first-order valence-corrected chi connectivity index (χ1v) is 5.48. The number of amides is 1. The predicted molar refractivity (Wildman–Crippen MR) is 61.7 cm³/mol. The van der Waals surface area contributed by atoms with Gasteiger partial charge in [-0.1, -0.05) is 0 Å². The summed E-state index contributed by atoms with van der Waals surface area (Å²) in [5.74, 6) is 0.0421. The van der Waals surface area contributed by atoms with Gasteiger partial charge in [0.15, 0.2) is 0 Å². The summed E-state index contributed by atoms with van der Waals surface area (Å²) < 4.78 is 0. The lowest BCUT2D eigenvalue weighted by molar-refractivity contribution is -0.121. The number of carbonyl (C=O) groups is 1. The molecule has 0 saturated heterocycles. The molecule has 0 aliphatic carbocycles. The van der Waals surface area contributed by atoms with Gasteiger partial charge in [-0.05, 0) is 34.6 Å². The average molecular weight is 216 g/mol. The van der Waals surface area contributed by atoms with E-state index in [-0.39, 0.29) is 18.0 Å². The van der Waals surface area contributed by atoms with E-state index in [1.807, 2.05) is 20.8 Å². The zero-order valence-electron chi connectivity index (χ0n) is 10.4. The third kappa shape index (κ3) is 7.33. The Morgan fingerprint density at radius 1 is 1.33 bits per heavy atom. The summed E-state index contributed by atoms with van der Waals surface area (Å²) in [6.45, 7) is 9.86. The highest BCUT2D eigenvalue weighted by Gasteiger charge is 2.21. The molecule has 0 aliphatic heterocycles. The van der Waals surface area contributed by atoms with Crippen molar-refractivity contribution < 1.29 is 9.90 Å². The summed E-state index contributed by atoms with van der Waals surface area (Å²) in [6.07, 6.45) is 0.443. The van der Waals surface area contributed by atoms with Gasteiger partial charge in [-0.15, -0.1) is 0 Å². The molecule has 0 aromatic heterocycles. The zero-order chi connectivity index (χ0) is 12.1. The molecule has 0 bridgehead atoms. The fourth-order valence-electron chi connectivity index (χ4n) is 1.05. The maximum Gasteiger partial charge on any atom is 0.221 e. The number of nitrogens with one attached hydrogen (secondary N) is 2. The quantitative estimate of drug-likeness (QED) is 0.611. The van der Waals surface area contributed by atoms with Crippen LogP contribution in [0.2, 0.25) is 0 Å². The van der Waals surface area contributed by atoms with Crippen LogP contribution in [0.15, 0.2) is 0 Å². The minimum Gasteiger partial charge on any atom is -0.389 e. The highest BCUT2D eigenvalue weighted by molar-refractivity contribution is 5.76. The number of hydrogen-bond donors (Lipinski definition) is 3. The van der Waals surface area contributed by atoms with Crippen molar-refractivity contribution in [1.29, 1.82) is 0 Å². The van der Waals surface area contributed by atoms with Crippen molar-refractivity contribution in [3.8, 4) is 0 Å². The first-order valence-electron chi connectivity index (χ1n) is 5.48. The Kier molecular flexibility index (Phi) is 5.83. The second-order valence-electron chi connectivity index (χ2n) is 4.80. The monoisotopic (exact) mass is 216 g/mol. The van der Waals surface area contributed by atoms with Crippen LogP contribution in [-0.4, -0.2) is 35.2 Å². The fraction of sp³-hybridized carbons (Fsp3) is 0.909. The van der Waals surface area contributed by atoms with Crippen molar-refractivity contribution in [3.63, 3.8) is 0 Å². The lowest BCUT2D eigenvalue weighted by Crippen LogP contribution is -2.45. The SMILES string of the molecule is CC(C)NC(=O)CCNC(C)C(C)(C)O. The molecule has 1 amide bonds. The lowest BCUT2D eigenvalue weighted by atomic mass is 10.0. The number of hydrogen-bond acceptors (Lipinski definition) is 3. The Morgan fingerprint density at radius 2 is 1.87 bits per heavy atom. The molecule has 0 aromatic rings. The van der Waals surface area contributed by atoms with Crippen molar-refractivity contribution >= 4 is 5.91 Å². The number of rotatable bonds is 6. The summed E-state index contributed by atoms with van der Waals surface area (Å²) in [5.41, 5.74) is -0.755. The van der Waals surface area contributed by atoms with Gasteiger partial charge in [-0.25, -0.2) is 0 Å². The van der Waals surface area contributed by atoms with Gasteiger partial charge in [0.25, 0.3) is 0 Å². The van der Waals surface area contributed by atoms with E-state index >= 15 is 0 Å². The van der Waals surface area contributed by atoms with Gasteiger partial charge in [-0.3, -0.25) is 4.79 Å². The Hall–Kier alpha value is -0.610. The molecular formula is C11H24N2O2. The van der Waals surface area contributed by atoms with Crippen LogP contribution in [0.4, 0.5) is 0 Å². The molecule has 3 N–H and O–H groups in total. The first kappa shape index (κ1) is 14.4. The molecule has 0 heterocycles. The van der Waals surface area contributed by atoms with E-state index in [0.29, 0.717) is 13.0 Å².